The molecule has 5 rings (SSSR count). The predicted octanol–water partition coefficient (Wildman–Crippen LogP) is 2.97. The van der Waals surface area contributed by atoms with Crippen LogP contribution in [0.3, 0.4) is 0 Å². The van der Waals surface area contributed by atoms with E-state index in [-0.39, 0.29) is 55.1 Å². The van der Waals surface area contributed by atoms with Crippen molar-refractivity contribution in [3.05, 3.63) is 47.0 Å². The number of aromatic hydroxyl groups is 1. The van der Waals surface area contributed by atoms with Gasteiger partial charge in [-0.1, -0.05) is 18.2 Å². The van der Waals surface area contributed by atoms with Gasteiger partial charge in [-0.3, -0.25) is 9.59 Å². The average Bonchev–Trinajstić information content (AvgIpc) is 3.06. The van der Waals surface area contributed by atoms with Gasteiger partial charge in [0.2, 0.25) is 5.91 Å². The van der Waals surface area contributed by atoms with E-state index in [9.17, 15) is 24.2 Å². The monoisotopic (exact) mass is 548 g/mol. The highest BCUT2D eigenvalue weighted by molar-refractivity contribution is 6.32. The number of β-amino-alcohol motifs (C(OH)–C–C–N with tert-alkyl or cyclic N) is 1. The Morgan fingerprint density at radius 1 is 1.26 bits per heavy atom. The summed E-state index contributed by atoms with van der Waals surface area (Å²) in [6, 6.07) is 1.52. The molecule has 0 radical (unpaired) electrons. The topological polar surface area (TPSA) is 106 Å². The molecule has 2 amide bonds. The Balaban J connectivity index is 1.71. The standard InChI is InChI=1S/C26H27ClF2N4O5/c1-4-17(35)31-7-8-32-13(10-31)12-38-23-19(25(32)37)24(33-11-14(34)9-26(33,2)3)30-21(20(23)29)18-16(28)6-5-15(27)22(18)36/h4-6,13-14,34,36H,1,7-12H2,2-3H3/t13-,14+/m1/s1. The highest BCUT2D eigenvalue weighted by atomic mass is 35.5. The highest BCUT2D eigenvalue weighted by Crippen LogP contribution is 2.46. The molecule has 2 N–H and O–H groups in total. The molecular formula is C26H27ClF2N4O5. The summed E-state index contributed by atoms with van der Waals surface area (Å²) in [4.78, 5) is 35.3. The van der Waals surface area contributed by atoms with Crippen LogP contribution in [0.25, 0.3) is 11.3 Å². The molecule has 2 atom stereocenters. The van der Waals surface area contributed by atoms with Crippen LogP contribution in [0.1, 0.15) is 30.6 Å². The minimum atomic E-state index is -1.13. The van der Waals surface area contributed by atoms with Gasteiger partial charge in [-0.15, -0.1) is 0 Å². The van der Waals surface area contributed by atoms with Crippen molar-refractivity contribution in [2.24, 2.45) is 0 Å². The number of carbonyl (C=O) groups excluding carboxylic acids is 2. The summed E-state index contributed by atoms with van der Waals surface area (Å²) in [5.41, 5.74) is -2.02. The van der Waals surface area contributed by atoms with Crippen LogP contribution in [-0.2, 0) is 4.79 Å². The fourth-order valence-corrected chi connectivity index (χ4v) is 5.64. The summed E-state index contributed by atoms with van der Waals surface area (Å²) < 4.78 is 37.0. The van der Waals surface area contributed by atoms with Crippen molar-refractivity contribution < 1.29 is 33.3 Å². The van der Waals surface area contributed by atoms with Gasteiger partial charge in [-0.25, -0.2) is 13.8 Å². The van der Waals surface area contributed by atoms with Gasteiger partial charge in [-0.05, 0) is 38.5 Å². The lowest BCUT2D eigenvalue weighted by atomic mass is 9.99. The minimum Gasteiger partial charge on any atom is -0.506 e. The minimum absolute atomic E-state index is 0.00743. The Labute approximate surface area is 222 Å². The van der Waals surface area contributed by atoms with E-state index in [1.165, 1.54) is 15.9 Å². The fourth-order valence-electron chi connectivity index (χ4n) is 5.49. The van der Waals surface area contributed by atoms with Crippen molar-refractivity contribution in [1.29, 1.82) is 0 Å². The number of amides is 2. The Morgan fingerprint density at radius 3 is 2.66 bits per heavy atom. The zero-order chi connectivity index (χ0) is 27.5. The van der Waals surface area contributed by atoms with E-state index in [1.807, 2.05) is 13.8 Å². The number of halogens is 3. The number of anilines is 1. The first kappa shape index (κ1) is 26.2. The number of fused-ring (bicyclic) bond motifs is 2. The summed E-state index contributed by atoms with van der Waals surface area (Å²) in [6.07, 6.45) is 0.771. The molecule has 202 valence electrons. The van der Waals surface area contributed by atoms with E-state index in [4.69, 9.17) is 16.3 Å². The summed E-state index contributed by atoms with van der Waals surface area (Å²) in [5.74, 6) is -4.12. The number of phenols is 1. The third-order valence-corrected chi connectivity index (χ3v) is 7.67. The van der Waals surface area contributed by atoms with Crippen LogP contribution >= 0.6 is 11.6 Å². The molecule has 12 heteroatoms. The summed E-state index contributed by atoms with van der Waals surface area (Å²) in [7, 11) is 0. The van der Waals surface area contributed by atoms with Crippen LogP contribution in [0.4, 0.5) is 14.6 Å². The summed E-state index contributed by atoms with van der Waals surface area (Å²) in [6.45, 7) is 7.69. The third kappa shape index (κ3) is 4.14. The number of hydrogen-bond donors (Lipinski definition) is 2. The second kappa shape index (κ2) is 9.39. The molecule has 0 aliphatic carbocycles. The maximum Gasteiger partial charge on any atom is 0.262 e. The van der Waals surface area contributed by atoms with Crippen LogP contribution in [-0.4, -0.2) is 87.3 Å². The van der Waals surface area contributed by atoms with Crippen LogP contribution in [0, 0.1) is 11.6 Å². The molecule has 38 heavy (non-hydrogen) atoms. The van der Waals surface area contributed by atoms with E-state index < -0.39 is 58.0 Å². The van der Waals surface area contributed by atoms with E-state index in [2.05, 4.69) is 11.6 Å². The van der Waals surface area contributed by atoms with Crippen LogP contribution < -0.4 is 9.64 Å². The smallest absolute Gasteiger partial charge is 0.262 e. The fraction of sp³-hybridized carbons (Fsp3) is 0.423. The first-order valence-electron chi connectivity index (χ1n) is 12.2. The van der Waals surface area contributed by atoms with Crippen LogP contribution in [0.15, 0.2) is 24.8 Å². The maximum absolute atomic E-state index is 16.1. The molecule has 2 fully saturated rings. The molecule has 0 bridgehead atoms. The number of piperazine rings is 1. The molecule has 0 spiro atoms. The number of phenolic OH excluding ortho intramolecular Hbond substituents is 1. The van der Waals surface area contributed by atoms with Gasteiger partial charge in [0.05, 0.1) is 22.7 Å². The molecule has 1 aromatic heterocycles. The lowest BCUT2D eigenvalue weighted by molar-refractivity contribution is -0.128. The predicted molar refractivity (Wildman–Crippen MR) is 135 cm³/mol. The number of hydrogen-bond acceptors (Lipinski definition) is 7. The Kier molecular flexibility index (Phi) is 6.47. The lowest BCUT2D eigenvalue weighted by Gasteiger charge is -2.40. The van der Waals surface area contributed by atoms with Gasteiger partial charge in [0, 0.05) is 31.7 Å². The van der Waals surface area contributed by atoms with Gasteiger partial charge in [0.25, 0.3) is 5.91 Å². The second-order valence-electron chi connectivity index (χ2n) is 10.3. The highest BCUT2D eigenvalue weighted by Gasteiger charge is 2.45. The van der Waals surface area contributed by atoms with Crippen molar-refractivity contribution in [2.75, 3.05) is 37.7 Å². The van der Waals surface area contributed by atoms with Crippen molar-refractivity contribution in [2.45, 2.75) is 38.0 Å². The van der Waals surface area contributed by atoms with Gasteiger partial charge in [0.1, 0.15) is 35.2 Å². The van der Waals surface area contributed by atoms with E-state index in [0.717, 1.165) is 12.1 Å². The third-order valence-electron chi connectivity index (χ3n) is 7.37. The number of ether oxygens (including phenoxy) is 1. The van der Waals surface area contributed by atoms with Gasteiger partial charge in [-0.2, -0.15) is 0 Å². The molecule has 9 nitrogen and oxygen atoms in total. The largest absolute Gasteiger partial charge is 0.506 e. The Hall–Kier alpha value is -3.44. The molecule has 2 saturated heterocycles. The molecule has 1 aromatic carbocycles. The normalized spacial score (nSPS) is 22.5. The number of aliphatic hydroxyl groups is 1. The van der Waals surface area contributed by atoms with Crippen molar-refractivity contribution in [1.82, 2.24) is 14.8 Å². The van der Waals surface area contributed by atoms with Gasteiger partial charge >= 0.3 is 0 Å². The number of benzene rings is 1. The first-order valence-corrected chi connectivity index (χ1v) is 12.5. The molecule has 0 unspecified atom stereocenters. The van der Waals surface area contributed by atoms with E-state index >= 15 is 4.39 Å². The number of pyridine rings is 1. The Bertz CT molecular complexity index is 1350. The molecule has 3 aliphatic heterocycles. The first-order chi connectivity index (χ1) is 17.9. The number of rotatable bonds is 3. The lowest BCUT2D eigenvalue weighted by Crippen LogP contribution is -2.57. The number of nitrogens with zero attached hydrogens (tertiary/aromatic N) is 4. The molecular weight excluding hydrogens is 522 g/mol. The number of carbonyl (C=O) groups is 2. The summed E-state index contributed by atoms with van der Waals surface area (Å²) in [5, 5.41) is 20.8. The molecule has 3 aliphatic rings. The van der Waals surface area contributed by atoms with Gasteiger partial charge in [0.15, 0.2) is 11.6 Å². The maximum atomic E-state index is 16.1. The van der Waals surface area contributed by atoms with Crippen LogP contribution in [0.2, 0.25) is 5.02 Å². The SMILES string of the molecule is C=CC(=O)N1CCN2C(=O)c3c(N4C[C@@H](O)CC4(C)C)nc(-c4c(F)ccc(Cl)c4O)c(F)c3OC[C@H]2C1. The molecule has 2 aromatic rings. The zero-order valence-electron chi connectivity index (χ0n) is 20.9. The second-order valence-corrected chi connectivity index (χ2v) is 10.7. The van der Waals surface area contributed by atoms with Gasteiger partial charge < -0.3 is 29.6 Å². The van der Waals surface area contributed by atoms with Crippen LogP contribution in [0.5, 0.6) is 11.5 Å². The van der Waals surface area contributed by atoms with Crippen molar-refractivity contribution in [3.63, 3.8) is 0 Å². The average molecular weight is 549 g/mol. The number of aliphatic hydroxyl groups excluding tert-OH is 1. The van der Waals surface area contributed by atoms with E-state index in [0.29, 0.717) is 6.42 Å². The molecule has 0 saturated carbocycles. The summed E-state index contributed by atoms with van der Waals surface area (Å²) >= 11 is 6.00. The van der Waals surface area contributed by atoms with E-state index in [1.54, 1.807) is 4.90 Å². The molecule has 4 heterocycles. The quantitative estimate of drug-likeness (QED) is 0.568. The zero-order valence-corrected chi connectivity index (χ0v) is 21.6. The van der Waals surface area contributed by atoms with Crippen molar-refractivity contribution >= 4 is 29.2 Å². The number of aromatic nitrogens is 1. The Morgan fingerprint density at radius 2 is 2.00 bits per heavy atom. The van der Waals surface area contributed by atoms with Crippen molar-refractivity contribution in [3.8, 4) is 22.8 Å².